The molecule has 4 nitrogen and oxygen atoms in total. The summed E-state index contributed by atoms with van der Waals surface area (Å²) >= 11 is 0. The molecule has 4 heteroatoms. The largest absolute Gasteiger partial charge is 0.390 e. The third-order valence-electron chi connectivity index (χ3n) is 2.09. The van der Waals surface area contributed by atoms with Gasteiger partial charge in [0.15, 0.2) is 0 Å². The van der Waals surface area contributed by atoms with Crippen LogP contribution in [0.1, 0.15) is 5.56 Å². The highest BCUT2D eigenvalue weighted by Crippen LogP contribution is 2.06. The molecule has 0 aliphatic heterocycles. The molecule has 0 spiro atoms. The lowest BCUT2D eigenvalue weighted by molar-refractivity contribution is -0.289. The molecule has 0 radical (unpaired) electrons. The molecule has 0 bridgehead atoms. The molecule has 1 rings (SSSR count). The first-order chi connectivity index (χ1) is 7.24. The second kappa shape index (κ2) is 6.53. The molecule has 84 valence electrons. The van der Waals surface area contributed by atoms with E-state index in [2.05, 4.69) is 9.78 Å². The lowest BCUT2D eigenvalue weighted by Gasteiger charge is -2.16. The van der Waals surface area contributed by atoms with Crippen LogP contribution in [0.15, 0.2) is 30.3 Å². The third-order valence-corrected chi connectivity index (χ3v) is 2.09. The normalized spacial score (nSPS) is 14.9. The van der Waals surface area contributed by atoms with Crippen molar-refractivity contribution in [2.24, 2.45) is 0 Å². The van der Waals surface area contributed by atoms with Crippen molar-refractivity contribution < 1.29 is 20.0 Å². The Hall–Kier alpha value is -0.940. The molecule has 1 unspecified atom stereocenters. The van der Waals surface area contributed by atoms with Crippen LogP contribution in [0.2, 0.25) is 0 Å². The van der Waals surface area contributed by atoms with E-state index in [0.717, 1.165) is 5.56 Å². The maximum Gasteiger partial charge on any atom is 0.111 e. The van der Waals surface area contributed by atoms with E-state index in [9.17, 15) is 10.2 Å². The maximum atomic E-state index is 9.61. The number of aliphatic hydroxyl groups excluding tert-OH is 2. The molecule has 2 atom stereocenters. The van der Waals surface area contributed by atoms with E-state index in [1.807, 2.05) is 30.3 Å². The standard InChI is InChI=1S/C11H16O4/c1-14-15-8-11(13)10(12)7-9-5-3-2-4-6-9/h2-6,10-13H,7-8H2,1H3/t10?,11-/m0/s1. The van der Waals surface area contributed by atoms with E-state index in [4.69, 9.17) is 0 Å². The van der Waals surface area contributed by atoms with Crippen molar-refractivity contribution in [2.75, 3.05) is 13.7 Å². The van der Waals surface area contributed by atoms with E-state index in [1.165, 1.54) is 7.11 Å². The van der Waals surface area contributed by atoms with E-state index in [0.29, 0.717) is 6.42 Å². The van der Waals surface area contributed by atoms with Gasteiger partial charge >= 0.3 is 0 Å². The van der Waals surface area contributed by atoms with Crippen LogP contribution in [0.5, 0.6) is 0 Å². The fraction of sp³-hybridized carbons (Fsp3) is 0.455. The number of rotatable bonds is 6. The van der Waals surface area contributed by atoms with Crippen molar-refractivity contribution in [1.29, 1.82) is 0 Å². The summed E-state index contributed by atoms with van der Waals surface area (Å²) in [6, 6.07) is 9.47. The highest BCUT2D eigenvalue weighted by atomic mass is 17.2. The molecule has 1 aromatic carbocycles. The Bertz CT molecular complexity index is 263. The van der Waals surface area contributed by atoms with Gasteiger partial charge in [-0.25, -0.2) is 9.78 Å². The topological polar surface area (TPSA) is 58.9 Å². The van der Waals surface area contributed by atoms with Gasteiger partial charge in [0.2, 0.25) is 0 Å². The molecule has 0 aromatic heterocycles. The second-order valence-corrected chi connectivity index (χ2v) is 3.28. The molecule has 0 aliphatic carbocycles. The summed E-state index contributed by atoms with van der Waals surface area (Å²) in [7, 11) is 1.36. The van der Waals surface area contributed by atoms with E-state index >= 15 is 0 Å². The molecule has 2 N–H and O–H groups in total. The summed E-state index contributed by atoms with van der Waals surface area (Å²) in [5, 5.41) is 19.1. The molecular formula is C11H16O4. The third kappa shape index (κ3) is 4.40. The number of aliphatic hydroxyl groups is 2. The molecular weight excluding hydrogens is 196 g/mol. The maximum absolute atomic E-state index is 9.61. The first-order valence-electron chi connectivity index (χ1n) is 4.79. The Morgan fingerprint density at radius 2 is 1.80 bits per heavy atom. The van der Waals surface area contributed by atoms with Crippen molar-refractivity contribution in [3.63, 3.8) is 0 Å². The zero-order chi connectivity index (χ0) is 11.1. The van der Waals surface area contributed by atoms with Gasteiger partial charge in [-0.2, -0.15) is 0 Å². The van der Waals surface area contributed by atoms with Gasteiger partial charge in [0.1, 0.15) is 12.7 Å². The minimum Gasteiger partial charge on any atom is -0.390 e. The molecule has 1 aromatic rings. The van der Waals surface area contributed by atoms with Crippen molar-refractivity contribution in [3.8, 4) is 0 Å². The van der Waals surface area contributed by atoms with Crippen LogP contribution in [0.4, 0.5) is 0 Å². The van der Waals surface area contributed by atoms with Crippen LogP contribution >= 0.6 is 0 Å². The van der Waals surface area contributed by atoms with E-state index in [1.54, 1.807) is 0 Å². The Morgan fingerprint density at radius 1 is 1.13 bits per heavy atom. The Labute approximate surface area is 89.0 Å². The summed E-state index contributed by atoms with van der Waals surface area (Å²) < 4.78 is 0. The molecule has 0 fully saturated rings. The fourth-order valence-corrected chi connectivity index (χ4v) is 1.24. The van der Waals surface area contributed by atoms with Gasteiger partial charge in [0, 0.05) is 6.42 Å². The van der Waals surface area contributed by atoms with Gasteiger partial charge in [-0.05, 0) is 5.56 Å². The molecule has 0 saturated carbocycles. The van der Waals surface area contributed by atoms with Crippen LogP contribution in [0.25, 0.3) is 0 Å². The average Bonchev–Trinajstić information content (AvgIpc) is 2.27. The fourth-order valence-electron chi connectivity index (χ4n) is 1.24. The van der Waals surface area contributed by atoms with E-state index in [-0.39, 0.29) is 6.61 Å². The number of hydrogen-bond donors (Lipinski definition) is 2. The first kappa shape index (κ1) is 12.1. The summed E-state index contributed by atoms with van der Waals surface area (Å²) in [4.78, 5) is 8.89. The summed E-state index contributed by atoms with van der Waals surface area (Å²) in [6.45, 7) is -0.0372. The predicted octanol–water partition coefficient (Wildman–Crippen LogP) is 0.529. The lowest BCUT2D eigenvalue weighted by Crippen LogP contribution is -2.32. The van der Waals surface area contributed by atoms with Crippen LogP contribution in [-0.4, -0.2) is 36.1 Å². The van der Waals surface area contributed by atoms with Gasteiger partial charge in [0.25, 0.3) is 0 Å². The Kier molecular flexibility index (Phi) is 5.28. The number of benzene rings is 1. The minimum atomic E-state index is -0.940. The minimum absolute atomic E-state index is 0.0372. The van der Waals surface area contributed by atoms with Crippen LogP contribution in [0, 0.1) is 0 Å². The van der Waals surface area contributed by atoms with Crippen LogP contribution in [0.3, 0.4) is 0 Å². The van der Waals surface area contributed by atoms with Gasteiger partial charge in [-0.3, -0.25) is 0 Å². The molecule has 0 saturated heterocycles. The lowest BCUT2D eigenvalue weighted by atomic mass is 10.0. The van der Waals surface area contributed by atoms with Crippen molar-refractivity contribution in [1.82, 2.24) is 0 Å². The van der Waals surface area contributed by atoms with Gasteiger partial charge < -0.3 is 10.2 Å². The SMILES string of the molecule is COOC[C@H](O)C(O)Cc1ccccc1. The zero-order valence-electron chi connectivity index (χ0n) is 8.67. The smallest absolute Gasteiger partial charge is 0.111 e. The summed E-state index contributed by atoms with van der Waals surface area (Å²) in [5.41, 5.74) is 0.974. The monoisotopic (exact) mass is 212 g/mol. The summed E-state index contributed by atoms with van der Waals surface area (Å²) in [5.74, 6) is 0. The van der Waals surface area contributed by atoms with Crippen molar-refractivity contribution >= 4 is 0 Å². The molecule has 0 heterocycles. The van der Waals surface area contributed by atoms with Gasteiger partial charge in [0.05, 0.1) is 13.2 Å². The average molecular weight is 212 g/mol. The zero-order valence-corrected chi connectivity index (χ0v) is 8.67. The van der Waals surface area contributed by atoms with Crippen LogP contribution in [-0.2, 0) is 16.2 Å². The predicted molar refractivity (Wildman–Crippen MR) is 55.1 cm³/mol. The van der Waals surface area contributed by atoms with Gasteiger partial charge in [-0.15, -0.1) is 0 Å². The number of hydrogen-bond acceptors (Lipinski definition) is 4. The van der Waals surface area contributed by atoms with Gasteiger partial charge in [-0.1, -0.05) is 30.3 Å². The quantitative estimate of drug-likeness (QED) is 0.533. The molecule has 0 amide bonds. The van der Waals surface area contributed by atoms with Crippen molar-refractivity contribution in [2.45, 2.75) is 18.6 Å². The highest BCUT2D eigenvalue weighted by Gasteiger charge is 2.16. The van der Waals surface area contributed by atoms with E-state index < -0.39 is 12.2 Å². The first-order valence-corrected chi connectivity index (χ1v) is 4.79. The second-order valence-electron chi connectivity index (χ2n) is 3.28. The molecule has 0 aliphatic rings. The Morgan fingerprint density at radius 3 is 2.40 bits per heavy atom. The highest BCUT2D eigenvalue weighted by molar-refractivity contribution is 5.15. The van der Waals surface area contributed by atoms with Crippen LogP contribution < -0.4 is 0 Å². The molecule has 15 heavy (non-hydrogen) atoms. The summed E-state index contributed by atoms with van der Waals surface area (Å²) in [6.07, 6.45) is -1.39. The Balaban J connectivity index is 2.38. The van der Waals surface area contributed by atoms with Crippen molar-refractivity contribution in [3.05, 3.63) is 35.9 Å².